The molecule has 0 aliphatic heterocycles. The van der Waals surface area contributed by atoms with Crippen LogP contribution in [-0.4, -0.2) is 49.5 Å². The second-order valence-corrected chi connectivity index (χ2v) is 11.6. The Kier molecular flexibility index (Phi) is 9.27. The zero-order valence-corrected chi connectivity index (χ0v) is 21.9. The number of para-hydroxylation sites is 1. The predicted octanol–water partition coefficient (Wildman–Crippen LogP) is 3.87. The Labute approximate surface area is 204 Å². The Bertz CT molecular complexity index is 1080. The van der Waals surface area contributed by atoms with Gasteiger partial charge in [-0.25, -0.2) is 8.42 Å². The average molecular weight is 488 g/mol. The zero-order valence-electron chi connectivity index (χ0n) is 21.0. The molecule has 7 nitrogen and oxygen atoms in total. The number of sulfonamides is 1. The first-order valence-electron chi connectivity index (χ1n) is 11.5. The lowest BCUT2D eigenvalue weighted by atomic mass is 10.1. The number of benzene rings is 2. The summed E-state index contributed by atoms with van der Waals surface area (Å²) in [5.41, 5.74) is 2.15. The minimum atomic E-state index is -3.50. The van der Waals surface area contributed by atoms with Crippen LogP contribution in [0, 0.1) is 6.92 Å². The van der Waals surface area contributed by atoms with Crippen molar-refractivity contribution < 1.29 is 18.0 Å². The van der Waals surface area contributed by atoms with Gasteiger partial charge in [-0.1, -0.05) is 48.0 Å². The van der Waals surface area contributed by atoms with E-state index >= 15 is 0 Å². The highest BCUT2D eigenvalue weighted by molar-refractivity contribution is 7.92. The number of nitrogens with zero attached hydrogens (tertiary/aromatic N) is 2. The molecule has 0 aromatic heterocycles. The minimum absolute atomic E-state index is 0.123. The fourth-order valence-corrected chi connectivity index (χ4v) is 4.63. The molecule has 0 bridgehead atoms. The molecular weight excluding hydrogens is 450 g/mol. The normalized spacial score (nSPS) is 12.6. The number of carbonyl (C=O) groups excluding carboxylic acids is 2. The molecule has 0 aliphatic rings. The van der Waals surface area contributed by atoms with Gasteiger partial charge in [0.05, 0.1) is 11.9 Å². The molecule has 1 atom stereocenters. The van der Waals surface area contributed by atoms with Crippen LogP contribution in [0.5, 0.6) is 0 Å². The van der Waals surface area contributed by atoms with Crippen LogP contribution in [0.4, 0.5) is 5.69 Å². The van der Waals surface area contributed by atoms with Crippen molar-refractivity contribution in [2.45, 2.75) is 65.6 Å². The summed E-state index contributed by atoms with van der Waals surface area (Å²) >= 11 is 0. The smallest absolute Gasteiger partial charge is 0.242 e. The molecule has 34 heavy (non-hydrogen) atoms. The van der Waals surface area contributed by atoms with Crippen molar-refractivity contribution in [3.8, 4) is 0 Å². The first-order valence-corrected chi connectivity index (χ1v) is 13.3. The van der Waals surface area contributed by atoms with E-state index in [9.17, 15) is 18.0 Å². The van der Waals surface area contributed by atoms with Crippen molar-refractivity contribution in [2.24, 2.45) is 0 Å². The third-order valence-corrected chi connectivity index (χ3v) is 6.49. The monoisotopic (exact) mass is 487 g/mol. The Morgan fingerprint density at radius 2 is 1.68 bits per heavy atom. The maximum atomic E-state index is 13.3. The molecule has 2 aromatic carbocycles. The fraction of sp³-hybridized carbons (Fsp3) is 0.462. The van der Waals surface area contributed by atoms with E-state index in [2.05, 4.69) is 5.32 Å². The molecule has 0 aliphatic carbocycles. The van der Waals surface area contributed by atoms with E-state index in [1.54, 1.807) is 36.1 Å². The topological polar surface area (TPSA) is 86.8 Å². The maximum absolute atomic E-state index is 13.3. The van der Waals surface area contributed by atoms with Crippen molar-refractivity contribution in [2.75, 3.05) is 17.1 Å². The number of rotatable bonds is 10. The van der Waals surface area contributed by atoms with Gasteiger partial charge in [0.1, 0.15) is 6.04 Å². The number of amides is 2. The van der Waals surface area contributed by atoms with E-state index in [-0.39, 0.29) is 24.8 Å². The molecule has 0 saturated carbocycles. The highest BCUT2D eigenvalue weighted by Gasteiger charge is 2.28. The largest absolute Gasteiger partial charge is 0.350 e. The van der Waals surface area contributed by atoms with Gasteiger partial charge in [0.25, 0.3) is 0 Å². The van der Waals surface area contributed by atoms with Crippen LogP contribution >= 0.6 is 0 Å². The van der Waals surface area contributed by atoms with Crippen molar-refractivity contribution >= 4 is 27.5 Å². The molecule has 0 heterocycles. The van der Waals surface area contributed by atoms with Gasteiger partial charge in [-0.3, -0.25) is 13.9 Å². The van der Waals surface area contributed by atoms with Crippen LogP contribution in [0.1, 0.15) is 51.7 Å². The fourth-order valence-electron chi connectivity index (χ4n) is 3.66. The summed E-state index contributed by atoms with van der Waals surface area (Å²) in [6, 6.07) is 16.0. The predicted molar refractivity (Wildman–Crippen MR) is 137 cm³/mol. The summed E-state index contributed by atoms with van der Waals surface area (Å²) in [6.07, 6.45) is 1.61. The molecular formula is C26H37N3O4S. The van der Waals surface area contributed by atoms with E-state index in [4.69, 9.17) is 0 Å². The number of carbonyl (C=O) groups is 2. The maximum Gasteiger partial charge on any atom is 0.242 e. The molecule has 2 amide bonds. The summed E-state index contributed by atoms with van der Waals surface area (Å²) in [5.74, 6) is -0.421. The van der Waals surface area contributed by atoms with Crippen LogP contribution in [0.25, 0.3) is 0 Å². The van der Waals surface area contributed by atoms with E-state index in [1.807, 2.05) is 58.0 Å². The van der Waals surface area contributed by atoms with Gasteiger partial charge in [0.15, 0.2) is 0 Å². The van der Waals surface area contributed by atoms with Crippen molar-refractivity contribution in [1.82, 2.24) is 10.2 Å². The Morgan fingerprint density at radius 3 is 2.24 bits per heavy atom. The highest BCUT2D eigenvalue weighted by atomic mass is 32.2. The second-order valence-electron chi connectivity index (χ2n) is 9.70. The molecule has 0 spiro atoms. The van der Waals surface area contributed by atoms with E-state index in [1.165, 1.54) is 4.31 Å². The quantitative estimate of drug-likeness (QED) is 0.551. The minimum Gasteiger partial charge on any atom is -0.350 e. The van der Waals surface area contributed by atoms with Gasteiger partial charge in [-0.05, 0) is 58.7 Å². The third kappa shape index (κ3) is 8.48. The van der Waals surface area contributed by atoms with E-state index < -0.39 is 21.6 Å². The van der Waals surface area contributed by atoms with Gasteiger partial charge in [0.2, 0.25) is 21.8 Å². The summed E-state index contributed by atoms with van der Waals surface area (Å²) in [5, 5.41) is 2.95. The van der Waals surface area contributed by atoms with Crippen LogP contribution in [0.3, 0.4) is 0 Å². The molecule has 2 rings (SSSR count). The number of hydrogen-bond acceptors (Lipinski definition) is 4. The van der Waals surface area contributed by atoms with Crippen LogP contribution in [0.2, 0.25) is 0 Å². The molecule has 8 heteroatoms. The SMILES string of the molecule is Cc1cccc(CN(C(=O)CCCN(c2ccccc2)S(C)(=O)=O)[C@@H](C)C(=O)NC(C)(C)C)c1. The first kappa shape index (κ1) is 27.4. The summed E-state index contributed by atoms with van der Waals surface area (Å²) < 4.78 is 26.0. The lowest BCUT2D eigenvalue weighted by Crippen LogP contribution is -2.52. The summed E-state index contributed by atoms with van der Waals surface area (Å²) in [4.78, 5) is 27.7. The molecule has 0 radical (unpaired) electrons. The molecule has 2 aromatic rings. The Balaban J connectivity index is 2.17. The Hall–Kier alpha value is -2.87. The first-order chi connectivity index (χ1) is 15.8. The summed E-state index contributed by atoms with van der Waals surface area (Å²) in [6.45, 7) is 9.87. The zero-order chi connectivity index (χ0) is 25.5. The number of hydrogen-bond donors (Lipinski definition) is 1. The van der Waals surface area contributed by atoms with Gasteiger partial charge in [0, 0.05) is 25.0 Å². The number of anilines is 1. The van der Waals surface area contributed by atoms with Gasteiger partial charge in [-0.2, -0.15) is 0 Å². The average Bonchev–Trinajstić information content (AvgIpc) is 2.73. The summed E-state index contributed by atoms with van der Waals surface area (Å²) in [7, 11) is -3.50. The van der Waals surface area contributed by atoms with Crippen LogP contribution < -0.4 is 9.62 Å². The van der Waals surface area contributed by atoms with Crippen molar-refractivity contribution in [3.05, 3.63) is 65.7 Å². The molecule has 186 valence electrons. The van der Waals surface area contributed by atoms with Crippen molar-refractivity contribution in [3.63, 3.8) is 0 Å². The molecule has 0 unspecified atom stereocenters. The second kappa shape index (κ2) is 11.5. The van der Waals surface area contributed by atoms with E-state index in [0.717, 1.165) is 17.4 Å². The van der Waals surface area contributed by atoms with E-state index in [0.29, 0.717) is 18.7 Å². The number of aryl methyl sites for hydroxylation is 1. The van der Waals surface area contributed by atoms with Crippen LogP contribution in [0.15, 0.2) is 54.6 Å². The van der Waals surface area contributed by atoms with Crippen LogP contribution in [-0.2, 0) is 26.2 Å². The molecule has 0 saturated heterocycles. The third-order valence-electron chi connectivity index (χ3n) is 5.30. The van der Waals surface area contributed by atoms with Gasteiger partial charge in [-0.15, -0.1) is 0 Å². The molecule has 0 fully saturated rings. The highest BCUT2D eigenvalue weighted by Crippen LogP contribution is 2.19. The molecule has 1 N–H and O–H groups in total. The lowest BCUT2D eigenvalue weighted by Gasteiger charge is -2.32. The Morgan fingerprint density at radius 1 is 1.03 bits per heavy atom. The van der Waals surface area contributed by atoms with Gasteiger partial charge < -0.3 is 10.2 Å². The van der Waals surface area contributed by atoms with Gasteiger partial charge >= 0.3 is 0 Å². The van der Waals surface area contributed by atoms with Crippen molar-refractivity contribution in [1.29, 1.82) is 0 Å². The lowest BCUT2D eigenvalue weighted by molar-refractivity contribution is -0.141. The number of nitrogens with one attached hydrogen (secondary N) is 1. The standard InChI is InChI=1S/C26H37N3O4S/c1-20-12-10-13-22(18-20)19-28(21(2)25(31)27-26(3,4)5)24(30)16-11-17-29(34(6,32)33)23-14-8-7-9-15-23/h7-10,12-15,18,21H,11,16-17,19H2,1-6H3,(H,27,31)/t21-/m0/s1.